The van der Waals surface area contributed by atoms with Gasteiger partial charge < -0.3 is 5.32 Å². The van der Waals surface area contributed by atoms with Gasteiger partial charge in [0.05, 0.1) is 6.04 Å². The van der Waals surface area contributed by atoms with Crippen molar-refractivity contribution in [3.05, 3.63) is 51.8 Å². The van der Waals surface area contributed by atoms with E-state index in [4.69, 9.17) is 0 Å². The Hall–Kier alpha value is -1.62. The van der Waals surface area contributed by atoms with Gasteiger partial charge in [0, 0.05) is 13.1 Å². The molecule has 1 atom stereocenters. The zero-order chi connectivity index (χ0) is 14.7. The number of nitrogens with zero attached hydrogens (tertiary/aromatic N) is 2. The molecule has 0 aliphatic heterocycles. The van der Waals surface area contributed by atoms with E-state index in [0.29, 0.717) is 10.3 Å². The minimum atomic E-state index is -0.113. The molecule has 0 aliphatic carbocycles. The van der Waals surface area contributed by atoms with Gasteiger partial charge in [-0.3, -0.25) is 9.48 Å². The molecule has 0 saturated heterocycles. The van der Waals surface area contributed by atoms with E-state index >= 15 is 0 Å². The molecule has 106 valence electrons. The zero-order valence-corrected chi connectivity index (χ0v) is 13.4. The molecule has 0 aliphatic rings. The van der Waals surface area contributed by atoms with Crippen LogP contribution in [-0.2, 0) is 7.05 Å². The minimum absolute atomic E-state index is 0.0109. The molecule has 1 aromatic carbocycles. The largest absolute Gasteiger partial charge is 0.344 e. The average Bonchev–Trinajstić information content (AvgIpc) is 2.76. The number of nitrogens with one attached hydrogen (secondary N) is 1. The lowest BCUT2D eigenvalue weighted by Crippen LogP contribution is -2.29. The van der Waals surface area contributed by atoms with Crippen LogP contribution in [0.3, 0.4) is 0 Å². The summed E-state index contributed by atoms with van der Waals surface area (Å²) in [4.78, 5) is 12.3. The van der Waals surface area contributed by atoms with Crippen LogP contribution in [0.1, 0.15) is 41.0 Å². The van der Waals surface area contributed by atoms with E-state index in [-0.39, 0.29) is 11.9 Å². The summed E-state index contributed by atoms with van der Waals surface area (Å²) in [5, 5.41) is 7.17. The molecule has 0 saturated carbocycles. The molecule has 1 aromatic heterocycles. The quantitative estimate of drug-likeness (QED) is 0.931. The second-order valence-corrected chi connectivity index (χ2v) is 5.63. The number of rotatable bonds is 4. The number of aromatic nitrogens is 2. The van der Waals surface area contributed by atoms with Crippen LogP contribution < -0.4 is 5.32 Å². The first-order valence-electron chi connectivity index (χ1n) is 6.58. The Morgan fingerprint density at radius 1 is 1.40 bits per heavy atom. The summed E-state index contributed by atoms with van der Waals surface area (Å²) < 4.78 is 2.23. The predicted octanol–water partition coefficient (Wildman–Crippen LogP) is 3.37. The average molecular weight is 336 g/mol. The van der Waals surface area contributed by atoms with Gasteiger partial charge >= 0.3 is 0 Å². The van der Waals surface area contributed by atoms with Gasteiger partial charge in [-0.15, -0.1) is 0 Å². The lowest BCUT2D eigenvalue weighted by Gasteiger charge is -2.17. The maximum Gasteiger partial charge on any atom is 0.270 e. The number of aryl methyl sites for hydroxylation is 2. The van der Waals surface area contributed by atoms with E-state index in [9.17, 15) is 4.79 Å². The molecule has 20 heavy (non-hydrogen) atoms. The van der Waals surface area contributed by atoms with Crippen LogP contribution >= 0.6 is 15.9 Å². The first kappa shape index (κ1) is 14.8. The van der Waals surface area contributed by atoms with Gasteiger partial charge in [0.2, 0.25) is 0 Å². The molecule has 1 amide bonds. The highest BCUT2D eigenvalue weighted by atomic mass is 79.9. The van der Waals surface area contributed by atoms with E-state index in [0.717, 1.165) is 12.0 Å². The summed E-state index contributed by atoms with van der Waals surface area (Å²) in [6, 6.07) is 9.97. The Bertz CT molecular complexity index is 604. The van der Waals surface area contributed by atoms with Gasteiger partial charge in [-0.2, -0.15) is 5.10 Å². The molecule has 2 rings (SSSR count). The highest BCUT2D eigenvalue weighted by Crippen LogP contribution is 2.18. The molecular weight excluding hydrogens is 318 g/mol. The van der Waals surface area contributed by atoms with Crippen LogP contribution in [0.5, 0.6) is 0 Å². The second kappa shape index (κ2) is 6.22. The van der Waals surface area contributed by atoms with Gasteiger partial charge in [-0.25, -0.2) is 0 Å². The lowest BCUT2D eigenvalue weighted by molar-refractivity contribution is 0.0926. The first-order valence-corrected chi connectivity index (χ1v) is 7.37. The van der Waals surface area contributed by atoms with Gasteiger partial charge in [0.25, 0.3) is 5.91 Å². The Labute approximate surface area is 127 Å². The third-order valence-electron chi connectivity index (χ3n) is 3.28. The number of carbonyl (C=O) groups is 1. The van der Waals surface area contributed by atoms with Crippen molar-refractivity contribution in [2.24, 2.45) is 7.05 Å². The third-order valence-corrected chi connectivity index (χ3v) is 3.66. The smallest absolute Gasteiger partial charge is 0.270 e. The molecule has 1 heterocycles. The van der Waals surface area contributed by atoms with Crippen LogP contribution in [0.2, 0.25) is 0 Å². The summed E-state index contributed by atoms with van der Waals surface area (Å²) in [7, 11) is 1.76. The van der Waals surface area contributed by atoms with E-state index in [2.05, 4.69) is 64.5 Å². The first-order chi connectivity index (χ1) is 9.51. The van der Waals surface area contributed by atoms with Crippen molar-refractivity contribution in [2.45, 2.75) is 26.3 Å². The Balaban J connectivity index is 2.16. The SMILES string of the molecule is CCC(NC(=O)c1cc(Br)nn1C)c1ccc(C)cc1. The molecular formula is C15H18BrN3O. The van der Waals surface area contributed by atoms with Crippen molar-refractivity contribution in [3.63, 3.8) is 0 Å². The fourth-order valence-corrected chi connectivity index (χ4v) is 2.55. The van der Waals surface area contributed by atoms with Crippen molar-refractivity contribution in [1.29, 1.82) is 0 Å². The summed E-state index contributed by atoms with van der Waals surface area (Å²) in [5.41, 5.74) is 2.88. The number of hydrogen-bond acceptors (Lipinski definition) is 2. The Kier molecular flexibility index (Phi) is 4.60. The number of amides is 1. The minimum Gasteiger partial charge on any atom is -0.344 e. The van der Waals surface area contributed by atoms with Gasteiger partial charge in [-0.1, -0.05) is 36.8 Å². The van der Waals surface area contributed by atoms with Crippen LogP contribution in [0.4, 0.5) is 0 Å². The van der Waals surface area contributed by atoms with E-state index in [1.807, 2.05) is 0 Å². The van der Waals surface area contributed by atoms with E-state index in [1.165, 1.54) is 5.56 Å². The molecule has 1 unspecified atom stereocenters. The molecule has 0 radical (unpaired) electrons. The number of hydrogen-bond donors (Lipinski definition) is 1. The Morgan fingerprint density at radius 3 is 2.55 bits per heavy atom. The standard InChI is InChI=1S/C15H18BrN3O/c1-4-12(11-7-5-10(2)6-8-11)17-15(20)13-9-14(16)18-19(13)3/h5-9,12H,4H2,1-3H3,(H,17,20). The number of halogens is 1. The highest BCUT2D eigenvalue weighted by molar-refractivity contribution is 9.10. The van der Waals surface area contributed by atoms with E-state index in [1.54, 1.807) is 17.8 Å². The molecule has 1 N–H and O–H groups in total. The van der Waals surface area contributed by atoms with Crippen LogP contribution in [0.25, 0.3) is 0 Å². The van der Waals surface area contributed by atoms with Gasteiger partial charge in [0.1, 0.15) is 10.3 Å². The molecule has 5 heteroatoms. The van der Waals surface area contributed by atoms with Crippen LogP contribution in [0.15, 0.2) is 34.9 Å². The van der Waals surface area contributed by atoms with Crippen molar-refractivity contribution >= 4 is 21.8 Å². The molecule has 0 bridgehead atoms. The second-order valence-electron chi connectivity index (χ2n) is 4.82. The monoisotopic (exact) mass is 335 g/mol. The van der Waals surface area contributed by atoms with E-state index < -0.39 is 0 Å². The lowest BCUT2D eigenvalue weighted by atomic mass is 10.0. The number of benzene rings is 1. The van der Waals surface area contributed by atoms with Crippen molar-refractivity contribution < 1.29 is 4.79 Å². The molecule has 4 nitrogen and oxygen atoms in total. The summed E-state index contributed by atoms with van der Waals surface area (Å²) in [6.07, 6.45) is 0.841. The van der Waals surface area contributed by atoms with Gasteiger partial charge in [-0.05, 0) is 34.8 Å². The molecule has 2 aromatic rings. The summed E-state index contributed by atoms with van der Waals surface area (Å²) >= 11 is 3.28. The summed E-state index contributed by atoms with van der Waals surface area (Å²) in [6.45, 7) is 4.11. The van der Waals surface area contributed by atoms with Crippen molar-refractivity contribution in [1.82, 2.24) is 15.1 Å². The maximum absolute atomic E-state index is 12.3. The summed E-state index contributed by atoms with van der Waals surface area (Å²) in [5.74, 6) is -0.113. The molecule has 0 fully saturated rings. The zero-order valence-electron chi connectivity index (χ0n) is 11.9. The normalized spacial score (nSPS) is 12.2. The van der Waals surface area contributed by atoms with Crippen LogP contribution in [0, 0.1) is 6.92 Å². The Morgan fingerprint density at radius 2 is 2.05 bits per heavy atom. The molecule has 0 spiro atoms. The van der Waals surface area contributed by atoms with Crippen molar-refractivity contribution in [2.75, 3.05) is 0 Å². The maximum atomic E-state index is 12.3. The van der Waals surface area contributed by atoms with Gasteiger partial charge in [0.15, 0.2) is 0 Å². The highest BCUT2D eigenvalue weighted by Gasteiger charge is 2.17. The number of carbonyl (C=O) groups excluding carboxylic acids is 1. The fourth-order valence-electron chi connectivity index (χ4n) is 2.10. The topological polar surface area (TPSA) is 46.9 Å². The third kappa shape index (κ3) is 3.28. The fraction of sp³-hybridized carbons (Fsp3) is 0.333. The predicted molar refractivity (Wildman–Crippen MR) is 82.6 cm³/mol. The van der Waals surface area contributed by atoms with Crippen LogP contribution in [-0.4, -0.2) is 15.7 Å². The van der Waals surface area contributed by atoms with Crippen molar-refractivity contribution in [3.8, 4) is 0 Å².